The van der Waals surface area contributed by atoms with Crippen molar-refractivity contribution in [2.24, 2.45) is 0 Å². The number of likely N-dealkylation sites (N-methyl/N-ethyl adjacent to an activating group) is 1. The molecule has 0 aromatic heterocycles. The van der Waals surface area contributed by atoms with Crippen molar-refractivity contribution in [3.8, 4) is 5.75 Å². The Morgan fingerprint density at radius 3 is 2.33 bits per heavy atom. The predicted octanol–water partition coefficient (Wildman–Crippen LogP) is 4.65. The maximum atomic E-state index is 13.2. The van der Waals surface area contributed by atoms with Crippen LogP contribution in [0, 0.1) is 0 Å². The van der Waals surface area contributed by atoms with E-state index in [1.54, 1.807) is 24.1 Å². The third kappa shape index (κ3) is 5.58. The van der Waals surface area contributed by atoms with Gasteiger partial charge in [-0.25, -0.2) is 0 Å². The summed E-state index contributed by atoms with van der Waals surface area (Å²) in [6.07, 6.45) is 0. The number of carbonyl (C=O) groups excluding carboxylic acids is 2. The minimum absolute atomic E-state index is 0.0822. The van der Waals surface area contributed by atoms with Crippen molar-refractivity contribution in [3.05, 3.63) is 89.5 Å². The van der Waals surface area contributed by atoms with Gasteiger partial charge in [-0.05, 0) is 63.0 Å². The van der Waals surface area contributed by atoms with Crippen molar-refractivity contribution in [1.82, 2.24) is 9.80 Å². The second kappa shape index (κ2) is 11.1. The molecule has 7 heteroatoms. The van der Waals surface area contributed by atoms with E-state index in [-0.39, 0.29) is 11.8 Å². The second-order valence-electron chi connectivity index (χ2n) is 8.95. The third-order valence-corrected chi connectivity index (χ3v) is 6.08. The standard InChI is InChI=1S/C29H32N4O3/c1-5-33(4)29(35)21-11-16-24-25(19-21)31-28(34)26(24)27(20-9-7-6-8-10-20)30-22-12-14-23(15-13-22)36-18-17-32(2)3/h6-16,19,30H,5,17-18H2,1-4H3,(H,31,34)/b27-26-. The number of rotatable bonds is 9. The van der Waals surface area contributed by atoms with Crippen molar-refractivity contribution < 1.29 is 14.3 Å². The number of nitrogens with one attached hydrogen (secondary N) is 2. The van der Waals surface area contributed by atoms with Crippen molar-refractivity contribution in [3.63, 3.8) is 0 Å². The summed E-state index contributed by atoms with van der Waals surface area (Å²) in [6, 6.07) is 22.8. The maximum absolute atomic E-state index is 13.2. The van der Waals surface area contributed by atoms with E-state index in [1.165, 1.54) is 0 Å². The predicted molar refractivity (Wildman–Crippen MR) is 145 cm³/mol. The van der Waals surface area contributed by atoms with Gasteiger partial charge >= 0.3 is 0 Å². The van der Waals surface area contributed by atoms with Gasteiger partial charge in [0.05, 0.1) is 11.3 Å². The Kier molecular flexibility index (Phi) is 7.71. The van der Waals surface area contributed by atoms with Gasteiger partial charge in [0, 0.05) is 42.6 Å². The molecule has 2 amide bonds. The first-order valence-corrected chi connectivity index (χ1v) is 12.0. The largest absolute Gasteiger partial charge is 0.492 e. The molecular formula is C29H32N4O3. The number of hydrogen-bond donors (Lipinski definition) is 2. The number of anilines is 2. The number of fused-ring (bicyclic) bond motifs is 1. The molecule has 0 radical (unpaired) electrons. The molecule has 4 rings (SSSR count). The molecule has 0 saturated carbocycles. The molecule has 0 spiro atoms. The highest BCUT2D eigenvalue weighted by Gasteiger charge is 2.29. The Bertz CT molecular complexity index is 1270. The lowest BCUT2D eigenvalue weighted by molar-refractivity contribution is -0.110. The van der Waals surface area contributed by atoms with Crippen LogP contribution in [-0.2, 0) is 4.79 Å². The lowest BCUT2D eigenvalue weighted by atomic mass is 9.98. The molecule has 1 aliphatic rings. The first kappa shape index (κ1) is 25.0. The Labute approximate surface area is 212 Å². The SMILES string of the molecule is CCN(C)C(=O)c1ccc2c(c1)NC(=O)/C2=C(\Nc1ccc(OCCN(C)C)cc1)c1ccccc1. The molecule has 0 fully saturated rings. The highest BCUT2D eigenvalue weighted by Crippen LogP contribution is 2.38. The number of amides is 2. The highest BCUT2D eigenvalue weighted by molar-refractivity contribution is 6.37. The summed E-state index contributed by atoms with van der Waals surface area (Å²) >= 11 is 0. The van der Waals surface area contributed by atoms with E-state index in [0.29, 0.717) is 35.7 Å². The minimum Gasteiger partial charge on any atom is -0.492 e. The van der Waals surface area contributed by atoms with Crippen LogP contribution in [0.2, 0.25) is 0 Å². The van der Waals surface area contributed by atoms with Gasteiger partial charge in [-0.3, -0.25) is 9.59 Å². The molecule has 0 saturated heterocycles. The summed E-state index contributed by atoms with van der Waals surface area (Å²) in [5.74, 6) is 0.490. The number of ether oxygens (including phenoxy) is 1. The van der Waals surface area contributed by atoms with Gasteiger partial charge in [-0.2, -0.15) is 0 Å². The molecule has 3 aromatic carbocycles. The van der Waals surface area contributed by atoms with E-state index >= 15 is 0 Å². The number of hydrogen-bond acceptors (Lipinski definition) is 5. The molecule has 1 heterocycles. The van der Waals surface area contributed by atoms with Crippen LogP contribution in [0.25, 0.3) is 11.3 Å². The Morgan fingerprint density at radius 2 is 1.67 bits per heavy atom. The smallest absolute Gasteiger partial charge is 0.258 e. The fourth-order valence-electron chi connectivity index (χ4n) is 3.93. The lowest BCUT2D eigenvalue weighted by Crippen LogP contribution is -2.26. The average Bonchev–Trinajstić information content (AvgIpc) is 3.22. The molecule has 7 nitrogen and oxygen atoms in total. The monoisotopic (exact) mass is 484 g/mol. The zero-order valence-corrected chi connectivity index (χ0v) is 21.2. The average molecular weight is 485 g/mol. The number of benzene rings is 3. The molecule has 0 bridgehead atoms. The van der Waals surface area contributed by atoms with Crippen molar-refractivity contribution in [2.45, 2.75) is 6.92 Å². The first-order valence-electron chi connectivity index (χ1n) is 12.0. The summed E-state index contributed by atoms with van der Waals surface area (Å²) in [6.45, 7) is 3.97. The van der Waals surface area contributed by atoms with Crippen LogP contribution in [0.15, 0.2) is 72.8 Å². The highest BCUT2D eigenvalue weighted by atomic mass is 16.5. The van der Waals surface area contributed by atoms with E-state index in [2.05, 4.69) is 15.5 Å². The Hall–Kier alpha value is -4.10. The van der Waals surface area contributed by atoms with E-state index in [9.17, 15) is 9.59 Å². The molecule has 36 heavy (non-hydrogen) atoms. The van der Waals surface area contributed by atoms with Crippen molar-refractivity contribution >= 4 is 34.5 Å². The number of carbonyl (C=O) groups is 2. The van der Waals surface area contributed by atoms with Gasteiger partial charge in [0.15, 0.2) is 0 Å². The maximum Gasteiger partial charge on any atom is 0.258 e. The van der Waals surface area contributed by atoms with Gasteiger partial charge in [0.1, 0.15) is 12.4 Å². The zero-order valence-electron chi connectivity index (χ0n) is 21.2. The van der Waals surface area contributed by atoms with Crippen LogP contribution in [0.1, 0.15) is 28.4 Å². The molecule has 0 aliphatic carbocycles. The number of nitrogens with zero attached hydrogens (tertiary/aromatic N) is 2. The van der Waals surface area contributed by atoms with Crippen LogP contribution >= 0.6 is 0 Å². The molecular weight excluding hydrogens is 452 g/mol. The molecule has 1 aliphatic heterocycles. The van der Waals surface area contributed by atoms with Crippen LogP contribution in [0.3, 0.4) is 0 Å². The quantitative estimate of drug-likeness (QED) is 0.433. The van der Waals surface area contributed by atoms with Gasteiger partial charge < -0.3 is 25.2 Å². The third-order valence-electron chi connectivity index (χ3n) is 6.08. The van der Waals surface area contributed by atoms with Crippen LogP contribution in [0.5, 0.6) is 5.75 Å². The summed E-state index contributed by atoms with van der Waals surface area (Å²) in [4.78, 5) is 29.6. The summed E-state index contributed by atoms with van der Waals surface area (Å²) < 4.78 is 5.80. The van der Waals surface area contributed by atoms with E-state index < -0.39 is 0 Å². The topological polar surface area (TPSA) is 73.9 Å². The summed E-state index contributed by atoms with van der Waals surface area (Å²) in [5.41, 5.74) is 4.87. The summed E-state index contributed by atoms with van der Waals surface area (Å²) in [7, 11) is 5.78. The normalized spacial score (nSPS) is 13.8. The van der Waals surface area contributed by atoms with Crippen LogP contribution in [-0.4, -0.2) is 62.5 Å². The zero-order chi connectivity index (χ0) is 25.7. The second-order valence-corrected chi connectivity index (χ2v) is 8.95. The van der Waals surface area contributed by atoms with Crippen LogP contribution in [0.4, 0.5) is 11.4 Å². The minimum atomic E-state index is -0.214. The van der Waals surface area contributed by atoms with Gasteiger partial charge in [-0.15, -0.1) is 0 Å². The fraction of sp³-hybridized carbons (Fsp3) is 0.241. The Balaban J connectivity index is 1.68. The van der Waals surface area contributed by atoms with Gasteiger partial charge in [0.25, 0.3) is 11.8 Å². The van der Waals surface area contributed by atoms with Crippen molar-refractivity contribution in [2.75, 3.05) is 51.5 Å². The molecule has 186 valence electrons. The lowest BCUT2D eigenvalue weighted by Gasteiger charge is -2.16. The van der Waals surface area contributed by atoms with E-state index in [1.807, 2.05) is 81.7 Å². The molecule has 0 unspecified atom stereocenters. The van der Waals surface area contributed by atoms with Gasteiger partial charge in [-0.1, -0.05) is 36.4 Å². The molecule has 0 atom stereocenters. The van der Waals surface area contributed by atoms with E-state index in [0.717, 1.165) is 29.1 Å². The molecule has 3 aromatic rings. The van der Waals surface area contributed by atoms with Gasteiger partial charge in [0.2, 0.25) is 0 Å². The van der Waals surface area contributed by atoms with Crippen molar-refractivity contribution in [1.29, 1.82) is 0 Å². The fourth-order valence-corrected chi connectivity index (χ4v) is 3.93. The Morgan fingerprint density at radius 1 is 0.944 bits per heavy atom. The van der Waals surface area contributed by atoms with Crippen LogP contribution < -0.4 is 15.4 Å². The first-order chi connectivity index (χ1) is 17.4. The summed E-state index contributed by atoms with van der Waals surface area (Å²) in [5, 5.41) is 6.40. The molecule has 2 N–H and O–H groups in total. The van der Waals surface area contributed by atoms with E-state index in [4.69, 9.17) is 4.74 Å².